The number of aromatic nitrogens is 3. The Hall–Kier alpha value is -2.80. The van der Waals surface area contributed by atoms with E-state index in [4.69, 9.17) is 4.74 Å². The number of pyridine rings is 1. The molecule has 3 aromatic rings. The van der Waals surface area contributed by atoms with Gasteiger partial charge in [0.25, 0.3) is 0 Å². The van der Waals surface area contributed by atoms with Crippen LogP contribution in [0.5, 0.6) is 0 Å². The molecule has 0 unspecified atom stereocenters. The third kappa shape index (κ3) is 3.35. The highest BCUT2D eigenvalue weighted by Gasteiger charge is 2.07. The van der Waals surface area contributed by atoms with Crippen LogP contribution < -0.4 is 4.80 Å². The highest BCUT2D eigenvalue weighted by Crippen LogP contribution is 2.18. The van der Waals surface area contributed by atoms with Crippen LogP contribution >= 0.6 is 11.3 Å². The summed E-state index contributed by atoms with van der Waals surface area (Å²) in [6, 6.07) is 12.7. The second-order valence-electron chi connectivity index (χ2n) is 4.68. The summed E-state index contributed by atoms with van der Waals surface area (Å²) in [5, 5.41) is 5.23. The highest BCUT2D eigenvalue weighted by atomic mass is 32.1. The van der Waals surface area contributed by atoms with Gasteiger partial charge in [0.15, 0.2) is 5.01 Å². The summed E-state index contributed by atoms with van der Waals surface area (Å²) in [6.07, 6.45) is 1.73. The van der Waals surface area contributed by atoms with Gasteiger partial charge in [-0.2, -0.15) is 5.10 Å². The highest BCUT2D eigenvalue weighted by molar-refractivity contribution is 7.12. The molecule has 0 aliphatic carbocycles. The summed E-state index contributed by atoms with van der Waals surface area (Å²) in [5.41, 5.74) is 1.93. The molecule has 0 amide bonds. The number of methoxy groups -OCH3 is 1. The van der Waals surface area contributed by atoms with Crippen LogP contribution in [0.3, 0.4) is 0 Å². The molecule has 0 spiro atoms. The first-order valence-corrected chi connectivity index (χ1v) is 7.67. The molecule has 0 radical (unpaired) electrons. The first-order chi connectivity index (χ1) is 11.2. The van der Waals surface area contributed by atoms with Crippen LogP contribution in [0.15, 0.2) is 53.7 Å². The van der Waals surface area contributed by atoms with E-state index in [9.17, 15) is 4.79 Å². The van der Waals surface area contributed by atoms with Gasteiger partial charge in [-0.3, -0.25) is 4.98 Å². The number of carbonyl (C=O) groups excluding carboxylic acids is 1. The maximum absolute atomic E-state index is 11.6. The molecular weight excluding hydrogens is 312 g/mol. The zero-order chi connectivity index (χ0) is 16.2. The third-order valence-corrected chi connectivity index (χ3v) is 4.10. The van der Waals surface area contributed by atoms with Crippen molar-refractivity contribution in [3.05, 3.63) is 59.0 Å². The van der Waals surface area contributed by atoms with Crippen molar-refractivity contribution in [1.82, 2.24) is 14.8 Å². The van der Waals surface area contributed by atoms with Gasteiger partial charge in [-0.05, 0) is 30.3 Å². The molecule has 0 fully saturated rings. The molecule has 116 valence electrons. The maximum atomic E-state index is 11.6. The molecular formula is C16H14N4O2S. The molecule has 2 aromatic heterocycles. The average molecular weight is 326 g/mol. The lowest BCUT2D eigenvalue weighted by molar-refractivity contribution is 0.0601. The van der Waals surface area contributed by atoms with Crippen LogP contribution in [0.2, 0.25) is 0 Å². The summed E-state index contributed by atoms with van der Waals surface area (Å²) >= 11 is 1.43. The van der Waals surface area contributed by atoms with Gasteiger partial charge < -0.3 is 4.74 Å². The van der Waals surface area contributed by atoms with Gasteiger partial charge in [0, 0.05) is 13.2 Å². The van der Waals surface area contributed by atoms with Crippen molar-refractivity contribution < 1.29 is 9.53 Å². The lowest BCUT2D eigenvalue weighted by atomic mass is 10.2. The van der Waals surface area contributed by atoms with Gasteiger partial charge in [0.05, 0.1) is 18.4 Å². The Morgan fingerprint density at radius 2 is 2.13 bits per heavy atom. The summed E-state index contributed by atoms with van der Waals surface area (Å²) in [5.74, 6) is -0.384. The number of carbonyl (C=O) groups is 1. The number of esters is 1. The standard InChI is InChI=1S/C16H14N4O2S/c1-20-16(23-14(19-20)13-8-3-4-9-17-13)18-12-7-5-6-11(10-12)15(21)22-2/h3-10H,1-2H3/b18-16+. The minimum absolute atomic E-state index is 0.384. The largest absolute Gasteiger partial charge is 0.465 e. The van der Waals surface area contributed by atoms with Crippen LogP contribution in [0.4, 0.5) is 5.69 Å². The lowest BCUT2D eigenvalue weighted by Crippen LogP contribution is -2.11. The van der Waals surface area contributed by atoms with E-state index >= 15 is 0 Å². The number of aryl methyl sites for hydroxylation is 1. The third-order valence-electron chi connectivity index (χ3n) is 3.08. The summed E-state index contributed by atoms with van der Waals surface area (Å²) in [4.78, 5) is 21.1. The van der Waals surface area contributed by atoms with Gasteiger partial charge in [0.1, 0.15) is 5.69 Å². The minimum atomic E-state index is -0.384. The quantitative estimate of drug-likeness (QED) is 0.694. The Morgan fingerprint density at radius 3 is 2.87 bits per heavy atom. The van der Waals surface area contributed by atoms with Gasteiger partial charge in [-0.1, -0.05) is 23.5 Å². The van der Waals surface area contributed by atoms with Crippen molar-refractivity contribution in [2.75, 3.05) is 7.11 Å². The predicted octanol–water partition coefficient (Wildman–Crippen LogP) is 2.56. The second-order valence-corrected chi connectivity index (χ2v) is 5.64. The normalized spacial score (nSPS) is 11.5. The topological polar surface area (TPSA) is 69.4 Å². The van der Waals surface area contributed by atoms with Gasteiger partial charge in [-0.25, -0.2) is 14.5 Å². The smallest absolute Gasteiger partial charge is 0.337 e. The van der Waals surface area contributed by atoms with Crippen molar-refractivity contribution in [1.29, 1.82) is 0 Å². The first kappa shape index (κ1) is 15.1. The maximum Gasteiger partial charge on any atom is 0.337 e. The molecule has 0 aliphatic heterocycles. The van der Waals surface area contributed by atoms with E-state index in [1.54, 1.807) is 29.1 Å². The molecule has 0 saturated carbocycles. The molecule has 3 rings (SSSR count). The number of benzene rings is 1. The Bertz CT molecular complexity index is 900. The Balaban J connectivity index is 2.01. The fourth-order valence-corrected chi connectivity index (χ4v) is 2.86. The van der Waals surface area contributed by atoms with E-state index < -0.39 is 0 Å². The van der Waals surface area contributed by atoms with Crippen molar-refractivity contribution >= 4 is 23.0 Å². The SMILES string of the molecule is COC(=O)c1cccc(/N=c2/sc(-c3ccccn3)nn2C)c1. The molecule has 0 aliphatic rings. The molecule has 1 aromatic carbocycles. The first-order valence-electron chi connectivity index (χ1n) is 6.86. The van der Waals surface area contributed by atoms with E-state index in [1.165, 1.54) is 18.4 Å². The van der Waals surface area contributed by atoms with E-state index in [2.05, 4.69) is 15.1 Å². The molecule has 23 heavy (non-hydrogen) atoms. The van der Waals surface area contributed by atoms with Crippen LogP contribution in [0.25, 0.3) is 10.7 Å². The van der Waals surface area contributed by atoms with E-state index in [-0.39, 0.29) is 5.97 Å². The average Bonchev–Trinajstić information content (AvgIpc) is 2.96. The van der Waals surface area contributed by atoms with Gasteiger partial charge >= 0.3 is 5.97 Å². The predicted molar refractivity (Wildman–Crippen MR) is 87.3 cm³/mol. The van der Waals surface area contributed by atoms with Crippen LogP contribution in [0, 0.1) is 0 Å². The van der Waals surface area contributed by atoms with Crippen molar-refractivity contribution in [3.8, 4) is 10.7 Å². The van der Waals surface area contributed by atoms with E-state index in [1.807, 2.05) is 31.3 Å². The number of hydrogen-bond donors (Lipinski definition) is 0. The molecule has 0 bridgehead atoms. The number of nitrogens with zero attached hydrogens (tertiary/aromatic N) is 4. The molecule has 0 atom stereocenters. The number of hydrogen-bond acceptors (Lipinski definition) is 6. The molecule has 0 N–H and O–H groups in total. The van der Waals surface area contributed by atoms with Crippen LogP contribution in [-0.2, 0) is 11.8 Å². The summed E-state index contributed by atoms with van der Waals surface area (Å²) in [6.45, 7) is 0. The van der Waals surface area contributed by atoms with Crippen molar-refractivity contribution in [2.24, 2.45) is 12.0 Å². The zero-order valence-corrected chi connectivity index (χ0v) is 13.4. The van der Waals surface area contributed by atoms with Crippen LogP contribution in [0.1, 0.15) is 10.4 Å². The molecule has 6 nitrogen and oxygen atoms in total. The number of rotatable bonds is 3. The Labute approximate surface area is 136 Å². The fourth-order valence-electron chi connectivity index (χ4n) is 1.97. The van der Waals surface area contributed by atoms with Gasteiger partial charge in [-0.15, -0.1) is 0 Å². The van der Waals surface area contributed by atoms with Crippen LogP contribution in [-0.4, -0.2) is 27.8 Å². The van der Waals surface area contributed by atoms with Crippen molar-refractivity contribution in [2.45, 2.75) is 0 Å². The molecule has 7 heteroatoms. The second kappa shape index (κ2) is 6.53. The Kier molecular flexibility index (Phi) is 4.29. The lowest BCUT2D eigenvalue weighted by Gasteiger charge is -1.99. The van der Waals surface area contributed by atoms with E-state index in [0.717, 1.165) is 10.7 Å². The zero-order valence-electron chi connectivity index (χ0n) is 12.6. The minimum Gasteiger partial charge on any atom is -0.465 e. The summed E-state index contributed by atoms with van der Waals surface area (Å²) < 4.78 is 6.42. The molecule has 0 saturated heterocycles. The van der Waals surface area contributed by atoms with Gasteiger partial charge in [0.2, 0.25) is 4.80 Å². The summed E-state index contributed by atoms with van der Waals surface area (Å²) in [7, 11) is 3.18. The van der Waals surface area contributed by atoms with Crippen molar-refractivity contribution in [3.63, 3.8) is 0 Å². The molecule has 2 heterocycles. The van der Waals surface area contributed by atoms with E-state index in [0.29, 0.717) is 16.1 Å². The Morgan fingerprint density at radius 1 is 1.26 bits per heavy atom. The fraction of sp³-hybridized carbons (Fsp3) is 0.125. The number of ether oxygens (including phenoxy) is 1. The monoisotopic (exact) mass is 326 g/mol.